The summed E-state index contributed by atoms with van der Waals surface area (Å²) < 4.78 is 0. The molecule has 1 unspecified atom stereocenters. The molecule has 0 saturated carbocycles. The molecular weight excluding hydrogens is 236 g/mol. The van der Waals surface area contributed by atoms with Crippen LogP contribution < -0.4 is 5.32 Å². The van der Waals surface area contributed by atoms with Crippen molar-refractivity contribution in [3.05, 3.63) is 44.3 Å². The van der Waals surface area contributed by atoms with Crippen molar-refractivity contribution in [1.82, 2.24) is 5.32 Å². The lowest BCUT2D eigenvalue weighted by Crippen LogP contribution is -2.16. The minimum Gasteiger partial charge on any atom is -0.305 e. The molecule has 2 aromatic heterocycles. The first-order chi connectivity index (χ1) is 7.79. The van der Waals surface area contributed by atoms with Crippen LogP contribution in [0, 0.1) is 11.3 Å². The van der Waals surface area contributed by atoms with Crippen LogP contribution in [0.1, 0.15) is 29.0 Å². The number of rotatable bonds is 4. The van der Waals surface area contributed by atoms with Crippen molar-refractivity contribution in [2.45, 2.75) is 19.5 Å². The highest BCUT2D eigenvalue weighted by molar-refractivity contribution is 7.10. The first-order valence-corrected chi connectivity index (χ1v) is 6.85. The lowest BCUT2D eigenvalue weighted by atomic mass is 10.2. The molecule has 0 aromatic carbocycles. The third-order valence-electron chi connectivity index (χ3n) is 2.41. The molecule has 16 heavy (non-hydrogen) atoms. The van der Waals surface area contributed by atoms with Gasteiger partial charge in [0.15, 0.2) is 0 Å². The van der Waals surface area contributed by atoms with Gasteiger partial charge in [-0.3, -0.25) is 0 Å². The van der Waals surface area contributed by atoms with Gasteiger partial charge in [0, 0.05) is 22.8 Å². The SMILES string of the molecule is CC(NCc1cc(C#N)cs1)c1ccsc1. The molecule has 2 rings (SSSR count). The fourth-order valence-electron chi connectivity index (χ4n) is 1.42. The third-order valence-corrected chi connectivity index (χ3v) is 4.05. The maximum Gasteiger partial charge on any atom is 0.100 e. The lowest BCUT2D eigenvalue weighted by Gasteiger charge is -2.10. The third kappa shape index (κ3) is 2.70. The van der Waals surface area contributed by atoms with Crippen molar-refractivity contribution in [1.29, 1.82) is 5.26 Å². The Morgan fingerprint density at radius 2 is 2.38 bits per heavy atom. The van der Waals surface area contributed by atoms with E-state index in [1.807, 2.05) is 11.4 Å². The fourth-order valence-corrected chi connectivity index (χ4v) is 2.94. The van der Waals surface area contributed by atoms with E-state index >= 15 is 0 Å². The van der Waals surface area contributed by atoms with Crippen molar-refractivity contribution in [2.24, 2.45) is 0 Å². The Kier molecular flexibility index (Phi) is 3.73. The zero-order chi connectivity index (χ0) is 11.4. The molecular formula is C12H12N2S2. The summed E-state index contributed by atoms with van der Waals surface area (Å²) in [4.78, 5) is 1.21. The van der Waals surface area contributed by atoms with Gasteiger partial charge in [0.05, 0.1) is 5.56 Å². The molecule has 0 spiro atoms. The summed E-state index contributed by atoms with van der Waals surface area (Å²) in [6.07, 6.45) is 0. The zero-order valence-corrected chi connectivity index (χ0v) is 10.6. The Bertz CT molecular complexity index is 479. The van der Waals surface area contributed by atoms with E-state index in [0.717, 1.165) is 12.1 Å². The van der Waals surface area contributed by atoms with Gasteiger partial charge in [-0.25, -0.2) is 0 Å². The van der Waals surface area contributed by atoms with Crippen LogP contribution in [0.5, 0.6) is 0 Å². The average Bonchev–Trinajstić information content (AvgIpc) is 2.96. The number of nitriles is 1. The molecule has 0 radical (unpaired) electrons. The standard InChI is InChI=1S/C12H12N2S2/c1-9(11-2-3-15-8-11)14-6-12-4-10(5-13)7-16-12/h2-4,7-9,14H,6H2,1H3. The van der Waals surface area contributed by atoms with Gasteiger partial charge >= 0.3 is 0 Å². The predicted octanol–water partition coefficient (Wildman–Crippen LogP) is 3.53. The van der Waals surface area contributed by atoms with E-state index in [1.165, 1.54) is 10.4 Å². The minimum absolute atomic E-state index is 0.360. The Balaban J connectivity index is 1.90. The molecule has 2 heterocycles. The van der Waals surface area contributed by atoms with Crippen LogP contribution in [0.3, 0.4) is 0 Å². The second kappa shape index (κ2) is 5.26. The molecule has 0 aliphatic heterocycles. The van der Waals surface area contributed by atoms with E-state index in [-0.39, 0.29) is 0 Å². The molecule has 2 nitrogen and oxygen atoms in total. The van der Waals surface area contributed by atoms with Crippen molar-refractivity contribution < 1.29 is 0 Å². The largest absolute Gasteiger partial charge is 0.305 e. The summed E-state index contributed by atoms with van der Waals surface area (Å²) in [5.41, 5.74) is 2.08. The van der Waals surface area contributed by atoms with Crippen LogP contribution >= 0.6 is 22.7 Å². The van der Waals surface area contributed by atoms with Crippen molar-refractivity contribution >= 4 is 22.7 Å². The van der Waals surface area contributed by atoms with Crippen LogP contribution in [0.4, 0.5) is 0 Å². The smallest absolute Gasteiger partial charge is 0.100 e. The van der Waals surface area contributed by atoms with Gasteiger partial charge in [0.25, 0.3) is 0 Å². The van der Waals surface area contributed by atoms with Crippen LogP contribution in [0.2, 0.25) is 0 Å². The van der Waals surface area contributed by atoms with Gasteiger partial charge in [0.1, 0.15) is 6.07 Å². The Morgan fingerprint density at radius 1 is 1.50 bits per heavy atom. The molecule has 1 atom stereocenters. The molecule has 0 bridgehead atoms. The summed E-state index contributed by atoms with van der Waals surface area (Å²) in [6, 6.07) is 6.59. The van der Waals surface area contributed by atoms with Crippen molar-refractivity contribution in [3.8, 4) is 6.07 Å². The van der Waals surface area contributed by atoms with E-state index in [1.54, 1.807) is 22.7 Å². The lowest BCUT2D eigenvalue weighted by molar-refractivity contribution is 0.580. The van der Waals surface area contributed by atoms with Crippen molar-refractivity contribution in [3.63, 3.8) is 0 Å². The highest BCUT2D eigenvalue weighted by atomic mass is 32.1. The second-order valence-corrected chi connectivity index (χ2v) is 5.35. The molecule has 82 valence electrons. The molecule has 0 saturated heterocycles. The fraction of sp³-hybridized carbons (Fsp3) is 0.250. The molecule has 2 aromatic rings. The van der Waals surface area contributed by atoms with Gasteiger partial charge < -0.3 is 5.32 Å². The van der Waals surface area contributed by atoms with Crippen LogP contribution in [-0.2, 0) is 6.54 Å². The topological polar surface area (TPSA) is 35.8 Å². The molecule has 0 aliphatic rings. The normalized spacial score (nSPS) is 12.2. The predicted molar refractivity (Wildman–Crippen MR) is 68.6 cm³/mol. The second-order valence-electron chi connectivity index (χ2n) is 3.57. The average molecular weight is 248 g/mol. The molecule has 1 N–H and O–H groups in total. The quantitative estimate of drug-likeness (QED) is 0.898. The van der Waals surface area contributed by atoms with Gasteiger partial charge in [-0.2, -0.15) is 16.6 Å². The van der Waals surface area contributed by atoms with Gasteiger partial charge in [-0.15, -0.1) is 11.3 Å². The van der Waals surface area contributed by atoms with Crippen LogP contribution in [0.25, 0.3) is 0 Å². The highest BCUT2D eigenvalue weighted by Crippen LogP contribution is 2.18. The van der Waals surface area contributed by atoms with Gasteiger partial charge in [0.2, 0.25) is 0 Å². The first-order valence-electron chi connectivity index (χ1n) is 5.02. The van der Waals surface area contributed by atoms with Crippen molar-refractivity contribution in [2.75, 3.05) is 0 Å². The van der Waals surface area contributed by atoms with Gasteiger partial charge in [-0.05, 0) is 35.4 Å². The first kappa shape index (κ1) is 11.3. The number of thiophene rings is 2. The zero-order valence-electron chi connectivity index (χ0n) is 8.93. The summed E-state index contributed by atoms with van der Waals surface area (Å²) >= 11 is 3.35. The van der Waals surface area contributed by atoms with E-state index in [0.29, 0.717) is 6.04 Å². The Hall–Kier alpha value is -1.15. The Morgan fingerprint density at radius 3 is 3.00 bits per heavy atom. The van der Waals surface area contributed by atoms with Gasteiger partial charge in [-0.1, -0.05) is 0 Å². The molecule has 4 heteroatoms. The summed E-state index contributed by atoms with van der Waals surface area (Å²) in [5.74, 6) is 0. The van der Waals surface area contributed by atoms with E-state index in [2.05, 4.69) is 35.1 Å². The summed E-state index contributed by atoms with van der Waals surface area (Å²) in [7, 11) is 0. The van der Waals surface area contributed by atoms with E-state index in [9.17, 15) is 0 Å². The minimum atomic E-state index is 0.360. The number of hydrogen-bond donors (Lipinski definition) is 1. The number of hydrogen-bond acceptors (Lipinski definition) is 4. The summed E-state index contributed by atoms with van der Waals surface area (Å²) in [5, 5.41) is 18.3. The maximum atomic E-state index is 8.72. The highest BCUT2D eigenvalue weighted by Gasteiger charge is 2.05. The molecule has 0 fully saturated rings. The van der Waals surface area contributed by atoms with E-state index < -0.39 is 0 Å². The number of nitrogens with zero attached hydrogens (tertiary/aromatic N) is 1. The van der Waals surface area contributed by atoms with Crippen LogP contribution in [0.15, 0.2) is 28.3 Å². The monoisotopic (exact) mass is 248 g/mol. The molecule has 0 aliphatic carbocycles. The Labute approximate surface area is 103 Å². The maximum absolute atomic E-state index is 8.72. The number of nitrogens with one attached hydrogen (secondary N) is 1. The van der Waals surface area contributed by atoms with E-state index in [4.69, 9.17) is 5.26 Å². The van der Waals surface area contributed by atoms with Crippen LogP contribution in [-0.4, -0.2) is 0 Å². The molecule has 0 amide bonds. The summed E-state index contributed by atoms with van der Waals surface area (Å²) in [6.45, 7) is 2.98.